The number of Topliss-reactive ketones (excluding diaryl/α,β-unsaturated/α-hetero) is 3. The lowest BCUT2D eigenvalue weighted by Crippen LogP contribution is -2.64. The van der Waals surface area contributed by atoms with Gasteiger partial charge < -0.3 is 68.5 Å². The topological polar surface area (TPSA) is 335 Å². The van der Waals surface area contributed by atoms with E-state index in [4.69, 9.17) is 5.11 Å². The third-order valence-corrected chi connectivity index (χ3v) is 14.9. The highest BCUT2D eigenvalue weighted by Gasteiger charge is 2.34. The summed E-state index contributed by atoms with van der Waals surface area (Å²) in [5.41, 5.74) is 1.16. The van der Waals surface area contributed by atoms with E-state index in [0.29, 0.717) is 84.0 Å². The van der Waals surface area contributed by atoms with Gasteiger partial charge in [0.1, 0.15) is 23.7 Å². The minimum absolute atomic E-state index is 0.0205. The van der Waals surface area contributed by atoms with Gasteiger partial charge in [-0.1, -0.05) is 86.3 Å². The zero-order chi connectivity index (χ0) is 58.7. The first-order chi connectivity index (χ1) is 38.9. The largest absolute Gasteiger partial charge is 0.481 e. The first-order valence-corrected chi connectivity index (χ1v) is 29.2. The lowest BCUT2D eigenvalue weighted by molar-refractivity contribution is -0.141. The maximum atomic E-state index is 14.3. The smallest absolute Gasteiger partial charge is 0.326 e. The summed E-state index contributed by atoms with van der Waals surface area (Å²) in [6, 6.07) is 14.4. The molecule has 2 aliphatic heterocycles. The van der Waals surface area contributed by atoms with Crippen LogP contribution in [0.15, 0.2) is 60.7 Å². The minimum Gasteiger partial charge on any atom is -0.481 e. The van der Waals surface area contributed by atoms with Crippen molar-refractivity contribution in [3.63, 3.8) is 0 Å². The van der Waals surface area contributed by atoms with Gasteiger partial charge in [-0.25, -0.2) is 14.4 Å². The second kappa shape index (κ2) is 37.8. The fraction of sp³-hybridized carbons (Fsp3) is 0.644. The highest BCUT2D eigenvalue weighted by molar-refractivity contribution is 5.92. The molecule has 0 unspecified atom stereocenters. The van der Waals surface area contributed by atoms with E-state index in [1.165, 1.54) is 0 Å². The fourth-order valence-corrected chi connectivity index (χ4v) is 10.3. The second-order valence-corrected chi connectivity index (χ2v) is 22.1. The Kier molecular flexibility index (Phi) is 31.4. The van der Waals surface area contributed by atoms with Crippen molar-refractivity contribution in [2.24, 2.45) is 5.92 Å². The van der Waals surface area contributed by atoms with Gasteiger partial charge in [-0.3, -0.25) is 28.8 Å². The van der Waals surface area contributed by atoms with E-state index >= 15 is 0 Å². The molecule has 2 aliphatic rings. The summed E-state index contributed by atoms with van der Waals surface area (Å²) in [6.45, 7) is 9.94. The molecule has 2 saturated heterocycles. The van der Waals surface area contributed by atoms with Crippen LogP contribution < -0.4 is 53.2 Å². The molecule has 81 heavy (non-hydrogen) atoms. The molecule has 0 aliphatic carbocycles. The predicted octanol–water partition coefficient (Wildman–Crippen LogP) is 2.77. The molecule has 2 heterocycles. The van der Waals surface area contributed by atoms with Crippen LogP contribution in [0.4, 0.5) is 4.79 Å². The zero-order valence-electron chi connectivity index (χ0n) is 47.5. The lowest BCUT2D eigenvalue weighted by atomic mass is 9.88. The molecule has 22 heteroatoms. The first-order valence-electron chi connectivity index (χ1n) is 29.2. The summed E-state index contributed by atoms with van der Waals surface area (Å²) >= 11 is 0. The molecule has 13 N–H and O–H groups in total. The lowest BCUT2D eigenvalue weighted by Gasteiger charge is -2.39. The van der Waals surface area contributed by atoms with E-state index in [9.17, 15) is 53.4 Å². The van der Waals surface area contributed by atoms with Crippen molar-refractivity contribution in [3.8, 4) is 0 Å². The maximum Gasteiger partial charge on any atom is 0.326 e. The quantitative estimate of drug-likeness (QED) is 0.0436. The van der Waals surface area contributed by atoms with Crippen molar-refractivity contribution in [1.29, 1.82) is 0 Å². The van der Waals surface area contributed by atoms with Crippen molar-refractivity contribution in [3.05, 3.63) is 71.8 Å². The molecule has 22 nitrogen and oxygen atoms in total. The normalized spacial score (nSPS) is 19.4. The van der Waals surface area contributed by atoms with Gasteiger partial charge in [-0.15, -0.1) is 0 Å². The summed E-state index contributed by atoms with van der Waals surface area (Å²) < 4.78 is 0. The fourth-order valence-electron chi connectivity index (χ4n) is 10.3. The van der Waals surface area contributed by atoms with E-state index in [1.54, 1.807) is 0 Å². The Labute approximate surface area is 477 Å². The molecule has 2 aromatic rings. The van der Waals surface area contributed by atoms with Gasteiger partial charge in [0.05, 0.1) is 11.6 Å². The van der Waals surface area contributed by atoms with Crippen molar-refractivity contribution in [2.75, 3.05) is 72.0 Å². The van der Waals surface area contributed by atoms with Gasteiger partial charge in [0.2, 0.25) is 11.8 Å². The van der Waals surface area contributed by atoms with E-state index < -0.39 is 59.9 Å². The molecule has 2 bridgehead atoms. The van der Waals surface area contributed by atoms with Gasteiger partial charge in [0.15, 0.2) is 5.78 Å². The number of aliphatic carboxylic acids is 3. The molecule has 4 amide bonds. The number of amides is 4. The summed E-state index contributed by atoms with van der Waals surface area (Å²) in [7, 11) is 0. The molecular weight excluding hydrogens is 1040 g/mol. The predicted molar refractivity (Wildman–Crippen MR) is 308 cm³/mol. The van der Waals surface area contributed by atoms with Crippen LogP contribution in [0.5, 0.6) is 0 Å². The number of nitrogens with one attached hydrogen (secondary N) is 10. The SMILES string of the molecule is CC12CNCCNCC(CC(=O)CCCC(=O)C[C@H](Cc3ccccc3)C(=O)N[C@H](Cc3ccccc3)C(=O)CCCCCCCCC(=O)NCCCC[C@H](NC(=O)N[C@@H](CCC(=O)O)C(=O)O)C(=O)O)(CNCCNC1)NCCN2. The molecular formula is C59H92N10O12. The highest BCUT2D eigenvalue weighted by Crippen LogP contribution is 2.20. The summed E-state index contributed by atoms with van der Waals surface area (Å²) in [6.07, 6.45) is 6.79. The molecule has 0 aromatic heterocycles. The molecule has 2 fully saturated rings. The van der Waals surface area contributed by atoms with Crippen LogP contribution in [0.25, 0.3) is 0 Å². The number of carboxylic acids is 3. The average molecular weight is 1130 g/mol. The number of benzene rings is 2. The van der Waals surface area contributed by atoms with Crippen LogP contribution in [0.2, 0.25) is 0 Å². The van der Waals surface area contributed by atoms with Gasteiger partial charge >= 0.3 is 23.9 Å². The van der Waals surface area contributed by atoms with E-state index in [1.807, 2.05) is 60.7 Å². The third-order valence-electron chi connectivity index (χ3n) is 14.9. The number of carbonyl (C=O) groups excluding carboxylic acids is 6. The van der Waals surface area contributed by atoms with Crippen molar-refractivity contribution >= 4 is 53.1 Å². The van der Waals surface area contributed by atoms with Crippen molar-refractivity contribution in [2.45, 2.75) is 165 Å². The molecule has 450 valence electrons. The summed E-state index contributed by atoms with van der Waals surface area (Å²) in [4.78, 5) is 114. The van der Waals surface area contributed by atoms with Crippen LogP contribution in [0.3, 0.4) is 0 Å². The van der Waals surface area contributed by atoms with Crippen molar-refractivity contribution < 1.29 is 58.5 Å². The highest BCUT2D eigenvalue weighted by atomic mass is 16.4. The Bertz CT molecular complexity index is 2260. The number of fused-ring (bicyclic) bond motifs is 5. The number of hydrogen-bond donors (Lipinski definition) is 13. The molecule has 0 saturated carbocycles. The summed E-state index contributed by atoms with van der Waals surface area (Å²) in [5, 5.41) is 59.4. The number of urea groups is 1. The van der Waals surface area contributed by atoms with Crippen LogP contribution in [0.1, 0.15) is 134 Å². The Morgan fingerprint density at radius 1 is 0.519 bits per heavy atom. The average Bonchev–Trinajstić information content (AvgIpc) is 3.46. The van der Waals surface area contributed by atoms with E-state index in [0.717, 1.165) is 82.6 Å². The zero-order valence-corrected chi connectivity index (χ0v) is 47.5. The molecule has 0 radical (unpaired) electrons. The number of unbranched alkanes of at least 4 members (excludes halogenated alkanes) is 6. The van der Waals surface area contributed by atoms with Gasteiger partial charge in [-0.2, -0.15) is 0 Å². The van der Waals surface area contributed by atoms with E-state index in [-0.39, 0.29) is 73.2 Å². The second-order valence-electron chi connectivity index (χ2n) is 22.1. The van der Waals surface area contributed by atoms with Gasteiger partial charge in [0.25, 0.3) is 0 Å². The monoisotopic (exact) mass is 1130 g/mol. The molecule has 2 aromatic carbocycles. The molecule has 0 spiro atoms. The number of rotatable bonds is 36. The number of carbonyl (C=O) groups is 9. The Morgan fingerprint density at radius 2 is 1.05 bits per heavy atom. The standard InChI is InChI=1S/C59H92N10O12/c1-58-39-60-29-31-62-41-59(66-34-33-65-58,42-63-32-30-61-40-58)38-47(71)22-16-21-46(70)37-45(35-43-17-8-6-9-18-43)54(76)67-50(36-44-19-10-7-11-20-44)51(72)24-12-4-2-3-5-13-25-52(73)64-28-15-14-23-48(55(77)78)68-57(81)69-49(56(79)80)26-27-53(74)75/h6-11,17-20,45,48-50,60-63,65-66H,2-5,12-16,21-42H2,1H3,(H,64,73)(H,67,76)(H,74,75)(H,77,78)(H,79,80)(H2,68,69,81)/t45-,48-,49-,50+,58?,59?/m0/s1. The minimum atomic E-state index is -1.50. The van der Waals surface area contributed by atoms with E-state index in [2.05, 4.69) is 60.1 Å². The third kappa shape index (κ3) is 28.4. The molecule has 4 atom stereocenters. The van der Waals surface area contributed by atoms with Gasteiger partial charge in [-0.05, 0) is 75.8 Å². The van der Waals surface area contributed by atoms with Crippen molar-refractivity contribution in [1.82, 2.24) is 53.2 Å². The van der Waals surface area contributed by atoms with Crippen LogP contribution in [-0.4, -0.2) is 170 Å². The van der Waals surface area contributed by atoms with Crippen LogP contribution >= 0.6 is 0 Å². The number of ketones is 3. The maximum absolute atomic E-state index is 14.3. The first kappa shape index (κ1) is 67.3. The van der Waals surface area contributed by atoms with Gasteiger partial charge in [0, 0.05) is 128 Å². The van der Waals surface area contributed by atoms with Crippen LogP contribution in [0, 0.1) is 5.92 Å². The molecule has 4 rings (SSSR count). The van der Waals surface area contributed by atoms with Crippen LogP contribution in [-0.2, 0) is 51.2 Å². The number of carboxylic acid groups (broad SMARTS) is 3. The Morgan fingerprint density at radius 3 is 1.64 bits per heavy atom. The number of hydrogen-bond acceptors (Lipinski definition) is 15. The Balaban J connectivity index is 1.20. The summed E-state index contributed by atoms with van der Waals surface area (Å²) in [5.74, 6) is -5.35. The Hall–Kier alpha value is -6.17.